The van der Waals surface area contributed by atoms with Gasteiger partial charge in [-0.2, -0.15) is 0 Å². The number of nitrogens with zero attached hydrogens (tertiary/aromatic N) is 2. The molecule has 1 aliphatic heterocycles. The summed E-state index contributed by atoms with van der Waals surface area (Å²) in [4.78, 5) is 58.0. The van der Waals surface area contributed by atoms with E-state index in [1.807, 2.05) is 46.8 Å². The van der Waals surface area contributed by atoms with Crippen LogP contribution in [0.15, 0.2) is 36.5 Å². The number of aromatic nitrogens is 1. The minimum Gasteiger partial charge on any atom is -0.467 e. The molecule has 2 unspecified atom stereocenters. The van der Waals surface area contributed by atoms with Gasteiger partial charge in [-0.25, -0.2) is 9.59 Å². The number of β-amino-alcohol motifs (C(OH)–C–C–N with tert-alkyl or cyclic N) is 1. The highest BCUT2D eigenvalue weighted by molar-refractivity contribution is 6.06. The molecule has 0 saturated carbocycles. The maximum absolute atomic E-state index is 13.5. The number of esters is 1. The number of methoxy groups -OCH3 is 1. The summed E-state index contributed by atoms with van der Waals surface area (Å²) in [6.45, 7) is 9.66. The van der Waals surface area contributed by atoms with Crippen molar-refractivity contribution in [2.24, 2.45) is 11.8 Å². The number of hydrogen-bond acceptors (Lipinski definition) is 7. The molecule has 0 bridgehead atoms. The van der Waals surface area contributed by atoms with Crippen LogP contribution in [0.1, 0.15) is 70.7 Å². The largest absolute Gasteiger partial charge is 0.467 e. The van der Waals surface area contributed by atoms with Gasteiger partial charge in [-0.1, -0.05) is 45.9 Å². The van der Waals surface area contributed by atoms with Crippen molar-refractivity contribution < 1.29 is 29.0 Å². The average Bonchev–Trinajstić information content (AvgIpc) is 3.08. The van der Waals surface area contributed by atoms with Gasteiger partial charge in [0.2, 0.25) is 5.91 Å². The number of amides is 4. The number of carbonyl (C=O) groups is 4. The van der Waals surface area contributed by atoms with Gasteiger partial charge in [0.05, 0.1) is 36.9 Å². The summed E-state index contributed by atoms with van der Waals surface area (Å²) >= 11 is 0. The number of benzene rings is 1. The van der Waals surface area contributed by atoms with E-state index in [9.17, 15) is 24.3 Å². The molecule has 1 fully saturated rings. The Morgan fingerprint density at radius 2 is 1.67 bits per heavy atom. The quantitative estimate of drug-likeness (QED) is 0.314. The zero-order valence-electron chi connectivity index (χ0n) is 25.4. The monoisotopic (exact) mass is 583 g/mol. The molecule has 42 heavy (non-hydrogen) atoms. The second-order valence-corrected chi connectivity index (χ2v) is 12.0. The van der Waals surface area contributed by atoms with Gasteiger partial charge >= 0.3 is 12.0 Å². The smallest absolute Gasteiger partial charge is 0.328 e. The van der Waals surface area contributed by atoms with Crippen LogP contribution >= 0.6 is 0 Å². The summed E-state index contributed by atoms with van der Waals surface area (Å²) in [6.07, 6.45) is 2.33. The molecule has 2 aromatic rings. The summed E-state index contributed by atoms with van der Waals surface area (Å²) in [6, 6.07) is 6.01. The van der Waals surface area contributed by atoms with E-state index in [0.717, 1.165) is 5.39 Å². The fourth-order valence-electron chi connectivity index (χ4n) is 5.30. The first-order valence-electron chi connectivity index (χ1n) is 14.7. The average molecular weight is 584 g/mol. The molecular formula is C31H45N5O6. The van der Waals surface area contributed by atoms with Gasteiger partial charge in [0.25, 0.3) is 5.91 Å². The molecule has 11 nitrogen and oxygen atoms in total. The van der Waals surface area contributed by atoms with Crippen LogP contribution in [0.2, 0.25) is 0 Å². The van der Waals surface area contributed by atoms with Gasteiger partial charge in [0.15, 0.2) is 0 Å². The lowest BCUT2D eigenvalue weighted by Crippen LogP contribution is -2.55. The Hall–Kier alpha value is -3.73. The van der Waals surface area contributed by atoms with E-state index < -0.39 is 48.0 Å². The Morgan fingerprint density at radius 1 is 1.00 bits per heavy atom. The molecule has 5 atom stereocenters. The number of fused-ring (bicyclic) bond motifs is 1. The Bertz CT molecular complexity index is 1250. The van der Waals surface area contributed by atoms with Crippen LogP contribution in [0.25, 0.3) is 10.9 Å². The minimum absolute atomic E-state index is 0.0314. The van der Waals surface area contributed by atoms with Crippen LogP contribution < -0.4 is 16.0 Å². The van der Waals surface area contributed by atoms with Gasteiger partial charge in [-0.15, -0.1) is 0 Å². The molecule has 0 aliphatic carbocycles. The summed E-state index contributed by atoms with van der Waals surface area (Å²) in [5.41, 5.74) is 0.929. The van der Waals surface area contributed by atoms with E-state index in [-0.39, 0.29) is 24.4 Å². The molecule has 3 rings (SSSR count). The number of urea groups is 1. The number of aliphatic hydroxyl groups excluding tert-OH is 1. The van der Waals surface area contributed by atoms with Gasteiger partial charge in [-0.05, 0) is 56.6 Å². The van der Waals surface area contributed by atoms with Gasteiger partial charge in [0.1, 0.15) is 12.1 Å². The van der Waals surface area contributed by atoms with E-state index in [2.05, 4.69) is 20.9 Å². The summed E-state index contributed by atoms with van der Waals surface area (Å²) in [5.74, 6) is -1.07. The topological polar surface area (TPSA) is 150 Å². The number of rotatable bonds is 10. The zero-order chi connectivity index (χ0) is 31.0. The molecule has 4 amide bonds. The first kappa shape index (κ1) is 32.8. The predicted octanol–water partition coefficient (Wildman–Crippen LogP) is 3.01. The van der Waals surface area contributed by atoms with Crippen molar-refractivity contribution in [1.82, 2.24) is 25.8 Å². The van der Waals surface area contributed by atoms with Crippen molar-refractivity contribution in [3.8, 4) is 0 Å². The van der Waals surface area contributed by atoms with Crippen LogP contribution in [0.5, 0.6) is 0 Å². The molecule has 2 heterocycles. The normalized spacial score (nSPS) is 20.5. The molecule has 1 aromatic carbocycles. The first-order chi connectivity index (χ1) is 19.9. The molecule has 1 saturated heterocycles. The maximum Gasteiger partial charge on any atom is 0.328 e. The lowest BCUT2D eigenvalue weighted by molar-refractivity contribution is -0.143. The highest BCUT2D eigenvalue weighted by atomic mass is 16.5. The second-order valence-electron chi connectivity index (χ2n) is 12.0. The van der Waals surface area contributed by atoms with Crippen molar-refractivity contribution in [2.45, 2.75) is 90.6 Å². The summed E-state index contributed by atoms with van der Waals surface area (Å²) in [7, 11) is 1.28. The van der Waals surface area contributed by atoms with Crippen LogP contribution in [0.3, 0.4) is 0 Å². The molecule has 11 heteroatoms. The van der Waals surface area contributed by atoms with Crippen molar-refractivity contribution in [2.75, 3.05) is 13.7 Å². The first-order valence-corrected chi connectivity index (χ1v) is 14.7. The van der Waals surface area contributed by atoms with E-state index in [0.29, 0.717) is 36.8 Å². The molecule has 4 N–H and O–H groups in total. The van der Waals surface area contributed by atoms with E-state index in [1.54, 1.807) is 24.4 Å². The number of likely N-dealkylation sites (tertiary alicyclic amines) is 1. The number of carbonyl (C=O) groups excluding carboxylic acids is 4. The third-order valence-corrected chi connectivity index (χ3v) is 7.56. The Kier molecular flexibility index (Phi) is 11.7. The van der Waals surface area contributed by atoms with Crippen LogP contribution in [-0.4, -0.2) is 82.7 Å². The van der Waals surface area contributed by atoms with Crippen molar-refractivity contribution in [3.05, 3.63) is 42.1 Å². The van der Waals surface area contributed by atoms with E-state index in [4.69, 9.17) is 4.74 Å². The van der Waals surface area contributed by atoms with Gasteiger partial charge in [0, 0.05) is 17.6 Å². The Balaban J connectivity index is 1.70. The lowest BCUT2D eigenvalue weighted by atomic mass is 10.00. The van der Waals surface area contributed by atoms with Crippen molar-refractivity contribution in [1.29, 1.82) is 0 Å². The molecule has 230 valence electrons. The Morgan fingerprint density at radius 3 is 2.33 bits per heavy atom. The zero-order valence-corrected chi connectivity index (χ0v) is 25.4. The number of hydrogen-bond donors (Lipinski definition) is 4. The molecule has 0 radical (unpaired) electrons. The van der Waals surface area contributed by atoms with Crippen molar-refractivity contribution in [3.63, 3.8) is 0 Å². The molecule has 1 aliphatic rings. The number of pyridine rings is 1. The van der Waals surface area contributed by atoms with Gasteiger partial charge in [-0.3, -0.25) is 14.6 Å². The SMILES string of the molecule is COC(=O)C(CC(C)C)NC(=O)N1C[C@H](O)[C@@H](NC(=O)C(CC(C)C)NC(=O)c2cccc3cccnc23)CC[C@H]1C. The summed E-state index contributed by atoms with van der Waals surface area (Å²) in [5, 5.41) is 20.5. The lowest BCUT2D eigenvalue weighted by Gasteiger charge is -2.31. The number of aliphatic hydroxyl groups is 1. The standard InChI is InChI=1S/C31H45N5O6/c1-18(2)15-24(34-28(38)22-11-7-9-21-10-8-14-32-27(21)22)29(39)33-23-13-12-20(5)36(17-26(23)37)31(41)35-25(16-19(3)4)30(40)42-6/h7-11,14,18-20,23-26,37H,12-13,15-17H2,1-6H3,(H,33,39)(H,34,38)(H,35,41)/t20-,23+,24?,25?,26+/m1/s1. The fourth-order valence-corrected chi connectivity index (χ4v) is 5.30. The molecule has 1 aromatic heterocycles. The van der Waals surface area contributed by atoms with Gasteiger partial charge < -0.3 is 30.7 Å². The maximum atomic E-state index is 13.5. The van der Waals surface area contributed by atoms with Crippen LogP contribution in [0, 0.1) is 11.8 Å². The van der Waals surface area contributed by atoms with Crippen molar-refractivity contribution >= 4 is 34.7 Å². The highest BCUT2D eigenvalue weighted by Gasteiger charge is 2.35. The fraction of sp³-hybridized carbons (Fsp3) is 0.581. The van der Waals surface area contributed by atoms with E-state index >= 15 is 0 Å². The van der Waals surface area contributed by atoms with E-state index in [1.165, 1.54) is 12.0 Å². The number of nitrogens with one attached hydrogen (secondary N) is 3. The minimum atomic E-state index is -1.05. The number of ether oxygens (including phenoxy) is 1. The third kappa shape index (κ3) is 8.64. The molecular weight excluding hydrogens is 538 g/mol. The predicted molar refractivity (Wildman–Crippen MR) is 160 cm³/mol. The highest BCUT2D eigenvalue weighted by Crippen LogP contribution is 2.20. The summed E-state index contributed by atoms with van der Waals surface area (Å²) < 4.78 is 4.86. The second kappa shape index (κ2) is 14.9. The number of para-hydroxylation sites is 1. The van der Waals surface area contributed by atoms with Crippen LogP contribution in [0.4, 0.5) is 4.79 Å². The Labute approximate surface area is 247 Å². The molecule has 0 spiro atoms. The van der Waals surface area contributed by atoms with Crippen LogP contribution in [-0.2, 0) is 14.3 Å². The third-order valence-electron chi connectivity index (χ3n) is 7.56.